The highest BCUT2D eigenvalue weighted by Crippen LogP contribution is 2.24. The van der Waals surface area contributed by atoms with Crippen LogP contribution in [0.4, 0.5) is 0 Å². The molecule has 1 amide bonds. The van der Waals surface area contributed by atoms with Gasteiger partial charge in [-0.05, 0) is 12.6 Å². The second kappa shape index (κ2) is 11.1. The molecule has 0 aliphatic carbocycles. The number of piperazine rings is 1. The number of carbonyl (C=O) groups excluding carboxylic acids is 1. The molecule has 1 aromatic carbocycles. The van der Waals surface area contributed by atoms with Crippen molar-refractivity contribution in [2.45, 2.75) is 6.04 Å². The number of likely N-dealkylation sites (N-methyl/N-ethyl adjacent to an activating group) is 1. The van der Waals surface area contributed by atoms with Gasteiger partial charge in [0.25, 0.3) is 0 Å². The van der Waals surface area contributed by atoms with Crippen molar-refractivity contribution >= 4 is 42.3 Å². The fourth-order valence-electron chi connectivity index (χ4n) is 2.60. The predicted molar refractivity (Wildman–Crippen MR) is 96.5 cm³/mol. The van der Waals surface area contributed by atoms with E-state index in [2.05, 4.69) is 46.4 Å². The Bertz CT molecular complexity index is 433. The molecule has 0 bridgehead atoms. The monoisotopic (exact) mass is 367 g/mol. The first-order valence-electron chi connectivity index (χ1n) is 7.01. The van der Waals surface area contributed by atoms with Crippen LogP contribution in [0.2, 0.25) is 0 Å². The van der Waals surface area contributed by atoms with Crippen molar-refractivity contribution in [3.05, 3.63) is 35.9 Å². The second-order valence-electron chi connectivity index (χ2n) is 5.21. The lowest BCUT2D eigenvalue weighted by Gasteiger charge is -2.40. The van der Waals surface area contributed by atoms with Crippen molar-refractivity contribution in [2.24, 2.45) is 0 Å². The Hall–Kier alpha value is -0.520. The summed E-state index contributed by atoms with van der Waals surface area (Å²) in [5.41, 5.74) is 1.34. The summed E-state index contributed by atoms with van der Waals surface area (Å²) in [7, 11) is 2.16. The molecule has 1 aromatic rings. The van der Waals surface area contributed by atoms with Gasteiger partial charge >= 0.3 is 0 Å². The lowest BCUT2D eigenvalue weighted by atomic mass is 10.0. The summed E-state index contributed by atoms with van der Waals surface area (Å²) in [5.74, 6) is -0.0674. The van der Waals surface area contributed by atoms with E-state index in [0.29, 0.717) is 12.6 Å². The number of nitrogens with zero attached hydrogens (tertiary/aromatic N) is 2. The van der Waals surface area contributed by atoms with Crippen LogP contribution >= 0.6 is 36.4 Å². The lowest BCUT2D eigenvalue weighted by Crippen LogP contribution is -2.49. The Labute approximate surface area is 150 Å². The van der Waals surface area contributed by atoms with Crippen LogP contribution in [-0.4, -0.2) is 61.4 Å². The van der Waals surface area contributed by atoms with Gasteiger partial charge in [0.15, 0.2) is 0 Å². The van der Waals surface area contributed by atoms with E-state index in [4.69, 9.17) is 11.6 Å². The minimum absolute atomic E-state index is 0. The molecule has 4 nitrogen and oxygen atoms in total. The topological polar surface area (TPSA) is 35.6 Å². The first kappa shape index (κ1) is 21.5. The zero-order chi connectivity index (χ0) is 14.4. The van der Waals surface area contributed by atoms with Gasteiger partial charge in [0.1, 0.15) is 5.88 Å². The molecule has 0 aromatic heterocycles. The third kappa shape index (κ3) is 6.31. The second-order valence-corrected chi connectivity index (χ2v) is 5.48. The number of benzene rings is 1. The van der Waals surface area contributed by atoms with Gasteiger partial charge in [-0.25, -0.2) is 0 Å². The molecule has 1 atom stereocenters. The van der Waals surface area contributed by atoms with Crippen LogP contribution in [-0.2, 0) is 4.79 Å². The van der Waals surface area contributed by atoms with E-state index >= 15 is 0 Å². The first-order valence-corrected chi connectivity index (χ1v) is 7.54. The van der Waals surface area contributed by atoms with E-state index in [-0.39, 0.29) is 36.6 Å². The van der Waals surface area contributed by atoms with Crippen LogP contribution in [0.15, 0.2) is 30.3 Å². The third-order valence-corrected chi connectivity index (χ3v) is 3.96. The molecule has 0 saturated carbocycles. The molecule has 7 heteroatoms. The Kier molecular flexibility index (Phi) is 10.8. The number of halogens is 3. The van der Waals surface area contributed by atoms with Gasteiger partial charge in [-0.15, -0.1) is 36.4 Å². The number of amides is 1. The van der Waals surface area contributed by atoms with E-state index in [9.17, 15) is 4.79 Å². The predicted octanol–water partition coefficient (Wildman–Crippen LogP) is 2.17. The molecule has 22 heavy (non-hydrogen) atoms. The minimum Gasteiger partial charge on any atom is -0.354 e. The van der Waals surface area contributed by atoms with Crippen molar-refractivity contribution in [1.29, 1.82) is 0 Å². The Morgan fingerprint density at radius 3 is 2.59 bits per heavy atom. The Balaban J connectivity index is 0.00000220. The van der Waals surface area contributed by atoms with Gasteiger partial charge < -0.3 is 10.2 Å². The highest BCUT2D eigenvalue weighted by Gasteiger charge is 2.25. The molecule has 1 heterocycles. The average Bonchev–Trinajstić information content (AvgIpc) is 2.49. The third-order valence-electron chi connectivity index (χ3n) is 3.72. The minimum atomic E-state index is -0.0999. The maximum atomic E-state index is 11.2. The van der Waals surface area contributed by atoms with Crippen molar-refractivity contribution in [3.8, 4) is 0 Å². The normalized spacial score (nSPS) is 18.9. The van der Waals surface area contributed by atoms with Gasteiger partial charge in [-0.2, -0.15) is 0 Å². The van der Waals surface area contributed by atoms with Crippen LogP contribution < -0.4 is 5.32 Å². The van der Waals surface area contributed by atoms with E-state index in [1.807, 2.05) is 6.07 Å². The summed E-state index contributed by atoms with van der Waals surface area (Å²) < 4.78 is 0. The quantitative estimate of drug-likeness (QED) is 0.809. The number of carbonyl (C=O) groups is 1. The SMILES string of the molecule is CN1CCN(CCNC(=O)CCl)C(c2ccccc2)C1.Cl.Cl. The summed E-state index contributed by atoms with van der Waals surface area (Å²) in [4.78, 5) is 16.0. The maximum Gasteiger partial charge on any atom is 0.234 e. The summed E-state index contributed by atoms with van der Waals surface area (Å²) in [6, 6.07) is 10.9. The van der Waals surface area contributed by atoms with E-state index in [1.165, 1.54) is 5.56 Å². The molecule has 1 aliphatic rings. The van der Waals surface area contributed by atoms with Crippen molar-refractivity contribution in [2.75, 3.05) is 45.7 Å². The standard InChI is InChI=1S/C15H22ClN3O.2ClH/c1-18-9-10-19(8-7-17-15(20)11-16)14(12-18)13-5-3-2-4-6-13;;/h2-6,14H,7-12H2,1H3,(H,17,20);2*1H. The average molecular weight is 369 g/mol. The Morgan fingerprint density at radius 1 is 1.27 bits per heavy atom. The first-order chi connectivity index (χ1) is 9.70. The van der Waals surface area contributed by atoms with Gasteiger partial charge in [0.05, 0.1) is 0 Å². The lowest BCUT2D eigenvalue weighted by molar-refractivity contribution is -0.118. The molecule has 0 spiro atoms. The van der Waals surface area contributed by atoms with Gasteiger partial charge in [0, 0.05) is 38.8 Å². The summed E-state index contributed by atoms with van der Waals surface area (Å²) in [6.45, 7) is 4.61. The number of alkyl halides is 1. The molecule has 1 N–H and O–H groups in total. The van der Waals surface area contributed by atoms with Gasteiger partial charge in [0.2, 0.25) is 5.91 Å². The molecule has 2 rings (SSSR count). The number of hydrogen-bond acceptors (Lipinski definition) is 3. The maximum absolute atomic E-state index is 11.2. The van der Waals surface area contributed by atoms with Gasteiger partial charge in [-0.1, -0.05) is 30.3 Å². The smallest absolute Gasteiger partial charge is 0.234 e. The van der Waals surface area contributed by atoms with E-state index in [0.717, 1.165) is 26.2 Å². The van der Waals surface area contributed by atoms with Crippen molar-refractivity contribution < 1.29 is 4.79 Å². The molecule has 126 valence electrons. The summed E-state index contributed by atoms with van der Waals surface area (Å²) in [5, 5.41) is 2.84. The largest absolute Gasteiger partial charge is 0.354 e. The molecule has 0 radical (unpaired) electrons. The van der Waals surface area contributed by atoms with Crippen LogP contribution in [0.5, 0.6) is 0 Å². The fourth-order valence-corrected chi connectivity index (χ4v) is 2.70. The molecular weight excluding hydrogens is 345 g/mol. The summed E-state index contributed by atoms with van der Waals surface area (Å²) >= 11 is 5.48. The zero-order valence-electron chi connectivity index (χ0n) is 12.7. The zero-order valence-corrected chi connectivity index (χ0v) is 15.1. The number of nitrogens with one attached hydrogen (secondary N) is 1. The number of rotatable bonds is 5. The van der Waals surface area contributed by atoms with Crippen LogP contribution in [0.1, 0.15) is 11.6 Å². The highest BCUT2D eigenvalue weighted by atomic mass is 35.5. The molecule has 1 unspecified atom stereocenters. The van der Waals surface area contributed by atoms with Crippen LogP contribution in [0.3, 0.4) is 0 Å². The molecular formula is C15H24Cl3N3O. The summed E-state index contributed by atoms with van der Waals surface area (Å²) in [6.07, 6.45) is 0. The molecule has 1 fully saturated rings. The van der Waals surface area contributed by atoms with Crippen LogP contribution in [0, 0.1) is 0 Å². The van der Waals surface area contributed by atoms with Crippen molar-refractivity contribution in [3.63, 3.8) is 0 Å². The van der Waals surface area contributed by atoms with E-state index < -0.39 is 0 Å². The van der Waals surface area contributed by atoms with Crippen molar-refractivity contribution in [1.82, 2.24) is 15.1 Å². The van der Waals surface area contributed by atoms with Crippen LogP contribution in [0.25, 0.3) is 0 Å². The molecule has 1 aliphatic heterocycles. The van der Waals surface area contributed by atoms with E-state index in [1.54, 1.807) is 0 Å². The Morgan fingerprint density at radius 2 is 1.95 bits per heavy atom. The number of hydrogen-bond donors (Lipinski definition) is 1. The molecule has 1 saturated heterocycles. The van der Waals surface area contributed by atoms with Gasteiger partial charge in [-0.3, -0.25) is 9.69 Å². The fraction of sp³-hybridized carbons (Fsp3) is 0.533. The highest BCUT2D eigenvalue weighted by molar-refractivity contribution is 6.27.